The van der Waals surface area contributed by atoms with Gasteiger partial charge in [-0.15, -0.1) is 23.5 Å². The van der Waals surface area contributed by atoms with E-state index in [-0.39, 0.29) is 0 Å². The zero-order valence-electron chi connectivity index (χ0n) is 8.06. The quantitative estimate of drug-likeness (QED) is 0.744. The summed E-state index contributed by atoms with van der Waals surface area (Å²) in [6.45, 7) is 0. The summed E-state index contributed by atoms with van der Waals surface area (Å²) < 4.78 is 0.670. The highest BCUT2D eigenvalue weighted by Crippen LogP contribution is 2.31. The van der Waals surface area contributed by atoms with Gasteiger partial charge < -0.3 is 0 Å². The number of hydrogen-bond acceptors (Lipinski definition) is 2. The Morgan fingerprint density at radius 2 is 1.79 bits per heavy atom. The van der Waals surface area contributed by atoms with E-state index < -0.39 is 0 Å². The van der Waals surface area contributed by atoms with Crippen LogP contribution < -0.4 is 0 Å². The average Bonchev–Trinajstić information content (AvgIpc) is 2.29. The van der Waals surface area contributed by atoms with Crippen LogP contribution in [0.1, 0.15) is 12.0 Å². The number of benzene rings is 1. The van der Waals surface area contributed by atoms with Crippen LogP contribution >= 0.6 is 23.5 Å². The van der Waals surface area contributed by atoms with Crippen molar-refractivity contribution >= 4 is 29.6 Å². The minimum absolute atomic E-state index is 0.670. The van der Waals surface area contributed by atoms with E-state index in [0.717, 1.165) is 0 Å². The molecule has 1 fully saturated rings. The summed E-state index contributed by atoms with van der Waals surface area (Å²) in [5.74, 6) is 2.63. The van der Waals surface area contributed by atoms with Crippen LogP contribution in [0.4, 0.5) is 0 Å². The Morgan fingerprint density at radius 3 is 2.50 bits per heavy atom. The molecule has 0 radical (unpaired) electrons. The predicted octanol–water partition coefficient (Wildman–Crippen LogP) is 3.90. The molecule has 1 aliphatic heterocycles. The van der Waals surface area contributed by atoms with Crippen LogP contribution in [0.15, 0.2) is 36.4 Å². The highest BCUT2D eigenvalue weighted by molar-refractivity contribution is 8.17. The number of hydrogen-bond donors (Lipinski definition) is 0. The normalized spacial score (nSPS) is 18.9. The molecule has 0 bridgehead atoms. The zero-order valence-corrected chi connectivity index (χ0v) is 9.69. The highest BCUT2D eigenvalue weighted by atomic mass is 32.2. The molecule has 0 amide bonds. The molecule has 0 aliphatic carbocycles. The molecule has 14 heavy (non-hydrogen) atoms. The van der Waals surface area contributed by atoms with Crippen molar-refractivity contribution in [3.63, 3.8) is 0 Å². The van der Waals surface area contributed by atoms with Crippen LogP contribution in [0.5, 0.6) is 0 Å². The Balaban J connectivity index is 1.93. The minimum atomic E-state index is 0.670. The predicted molar refractivity (Wildman–Crippen MR) is 68.8 cm³/mol. The molecule has 2 rings (SSSR count). The molecule has 2 heteroatoms. The molecule has 1 aliphatic rings. The first-order valence-corrected chi connectivity index (χ1v) is 7.01. The Bertz CT molecular complexity index is 286. The third-order valence-electron chi connectivity index (χ3n) is 2.10. The lowest BCUT2D eigenvalue weighted by atomic mass is 10.2. The summed E-state index contributed by atoms with van der Waals surface area (Å²) in [5.41, 5.74) is 1.30. The molecule has 1 saturated heterocycles. The zero-order chi connectivity index (χ0) is 9.64. The van der Waals surface area contributed by atoms with Crippen LogP contribution in [-0.2, 0) is 0 Å². The Hall–Kier alpha value is -0.340. The maximum atomic E-state index is 2.32. The SMILES string of the molecule is C(=CC1SCCCS1)c1ccccc1. The van der Waals surface area contributed by atoms with E-state index in [9.17, 15) is 0 Å². The van der Waals surface area contributed by atoms with Gasteiger partial charge in [-0.2, -0.15) is 0 Å². The Morgan fingerprint density at radius 1 is 1.07 bits per heavy atom. The van der Waals surface area contributed by atoms with Crippen molar-refractivity contribution in [1.82, 2.24) is 0 Å². The van der Waals surface area contributed by atoms with E-state index in [4.69, 9.17) is 0 Å². The van der Waals surface area contributed by atoms with Crippen LogP contribution in [0.3, 0.4) is 0 Å². The lowest BCUT2D eigenvalue weighted by molar-refractivity contribution is 1.11. The summed E-state index contributed by atoms with van der Waals surface area (Å²) in [4.78, 5) is 0. The van der Waals surface area contributed by atoms with Crippen LogP contribution in [-0.4, -0.2) is 16.1 Å². The third-order valence-corrected chi connectivity index (χ3v) is 4.93. The van der Waals surface area contributed by atoms with Crippen LogP contribution in [0.2, 0.25) is 0 Å². The average molecular weight is 222 g/mol. The van der Waals surface area contributed by atoms with E-state index >= 15 is 0 Å². The van der Waals surface area contributed by atoms with Gasteiger partial charge in [-0.25, -0.2) is 0 Å². The summed E-state index contributed by atoms with van der Waals surface area (Å²) in [5, 5.41) is 0. The van der Waals surface area contributed by atoms with Crippen molar-refractivity contribution in [2.45, 2.75) is 11.0 Å². The van der Waals surface area contributed by atoms with E-state index in [1.807, 2.05) is 0 Å². The highest BCUT2D eigenvalue weighted by Gasteiger charge is 2.10. The summed E-state index contributed by atoms with van der Waals surface area (Å²) in [6, 6.07) is 10.5. The monoisotopic (exact) mass is 222 g/mol. The smallest absolute Gasteiger partial charge is 0.0685 e. The molecule has 1 heterocycles. The molecule has 0 aromatic heterocycles. The number of rotatable bonds is 2. The van der Waals surface area contributed by atoms with Gasteiger partial charge in [0.25, 0.3) is 0 Å². The Labute approximate surface area is 94.2 Å². The molecule has 0 unspecified atom stereocenters. The van der Waals surface area contributed by atoms with Crippen LogP contribution in [0, 0.1) is 0 Å². The number of thioether (sulfide) groups is 2. The Kier molecular flexibility index (Phi) is 4.02. The van der Waals surface area contributed by atoms with Gasteiger partial charge >= 0.3 is 0 Å². The first-order chi connectivity index (χ1) is 6.95. The molecule has 1 aromatic carbocycles. The van der Waals surface area contributed by atoms with Gasteiger partial charge in [-0.1, -0.05) is 42.5 Å². The molecular weight excluding hydrogens is 208 g/mol. The molecule has 0 nitrogen and oxygen atoms in total. The molecular formula is C12H14S2. The first kappa shape index (κ1) is 10.2. The van der Waals surface area contributed by atoms with Gasteiger partial charge in [0.05, 0.1) is 4.58 Å². The fourth-order valence-corrected chi connectivity index (χ4v) is 3.98. The lowest BCUT2D eigenvalue weighted by Gasteiger charge is -2.17. The summed E-state index contributed by atoms with van der Waals surface area (Å²) >= 11 is 4.12. The van der Waals surface area contributed by atoms with E-state index in [2.05, 4.69) is 66.0 Å². The van der Waals surface area contributed by atoms with Gasteiger partial charge in [0, 0.05) is 0 Å². The van der Waals surface area contributed by atoms with Crippen molar-refractivity contribution in [3.8, 4) is 0 Å². The van der Waals surface area contributed by atoms with Gasteiger partial charge in [0.2, 0.25) is 0 Å². The van der Waals surface area contributed by atoms with Crippen molar-refractivity contribution in [1.29, 1.82) is 0 Å². The van der Waals surface area contributed by atoms with Crippen molar-refractivity contribution < 1.29 is 0 Å². The summed E-state index contributed by atoms with van der Waals surface area (Å²) in [6.07, 6.45) is 5.92. The second-order valence-corrected chi connectivity index (χ2v) is 6.03. The molecule has 74 valence electrons. The molecule has 1 aromatic rings. The van der Waals surface area contributed by atoms with Crippen LogP contribution in [0.25, 0.3) is 6.08 Å². The van der Waals surface area contributed by atoms with Crippen molar-refractivity contribution in [2.75, 3.05) is 11.5 Å². The van der Waals surface area contributed by atoms with Gasteiger partial charge in [-0.05, 0) is 23.5 Å². The third kappa shape index (κ3) is 3.10. The lowest BCUT2D eigenvalue weighted by Crippen LogP contribution is -2.02. The molecule has 0 atom stereocenters. The molecule has 0 N–H and O–H groups in total. The van der Waals surface area contributed by atoms with E-state index in [0.29, 0.717) is 4.58 Å². The first-order valence-electron chi connectivity index (χ1n) is 4.91. The standard InChI is InChI=1S/C12H14S2/c1-2-5-11(6-3-1)7-8-12-13-9-4-10-14-12/h1-3,5-8,12H,4,9-10H2. The van der Waals surface area contributed by atoms with Gasteiger partial charge in [0.15, 0.2) is 0 Å². The topological polar surface area (TPSA) is 0 Å². The fourth-order valence-electron chi connectivity index (χ4n) is 1.37. The van der Waals surface area contributed by atoms with Gasteiger partial charge in [0.1, 0.15) is 0 Å². The maximum absolute atomic E-state index is 2.32. The second-order valence-electron chi connectivity index (χ2n) is 3.23. The van der Waals surface area contributed by atoms with Crippen molar-refractivity contribution in [2.24, 2.45) is 0 Å². The van der Waals surface area contributed by atoms with Crippen molar-refractivity contribution in [3.05, 3.63) is 42.0 Å². The van der Waals surface area contributed by atoms with E-state index in [1.54, 1.807) is 0 Å². The minimum Gasteiger partial charge on any atom is -0.143 e. The van der Waals surface area contributed by atoms with Gasteiger partial charge in [-0.3, -0.25) is 0 Å². The maximum Gasteiger partial charge on any atom is 0.0685 e. The second kappa shape index (κ2) is 5.52. The largest absolute Gasteiger partial charge is 0.143 e. The van der Waals surface area contributed by atoms with E-state index in [1.165, 1.54) is 23.5 Å². The fraction of sp³-hybridized carbons (Fsp3) is 0.333. The summed E-state index contributed by atoms with van der Waals surface area (Å²) in [7, 11) is 0. The molecule has 0 saturated carbocycles. The molecule has 0 spiro atoms.